The van der Waals surface area contributed by atoms with E-state index in [9.17, 15) is 39.3 Å². The monoisotopic (exact) mass is 633 g/mol. The fourth-order valence-corrected chi connectivity index (χ4v) is 7.42. The van der Waals surface area contributed by atoms with Gasteiger partial charge in [-0.1, -0.05) is 13.0 Å². The van der Waals surface area contributed by atoms with Crippen molar-refractivity contribution in [2.45, 2.75) is 90.6 Å². The Balaban J connectivity index is 1.74. The number of carbonyl (C=O) groups excluding carboxylic acids is 2. The second kappa shape index (κ2) is 15.0. The number of benzene rings is 1. The lowest BCUT2D eigenvalue weighted by Crippen LogP contribution is -2.53. The van der Waals surface area contributed by atoms with E-state index in [2.05, 4.69) is 11.8 Å². The minimum Gasteiger partial charge on any atom is -0.481 e. The number of piperidine rings is 1. The number of likely N-dealkylation sites (tertiary alicyclic amines) is 1. The number of fused-ring (bicyclic) bond motifs is 2. The Hall–Kier alpha value is -3.71. The molecule has 13 nitrogen and oxygen atoms in total. The second-order valence-electron chi connectivity index (χ2n) is 12.3. The molecular formula is C32H43NO12. The molecule has 1 aliphatic carbocycles. The van der Waals surface area contributed by atoms with Gasteiger partial charge in [-0.2, -0.15) is 0 Å². The summed E-state index contributed by atoms with van der Waals surface area (Å²) in [6.07, 6.45) is 0.408. The summed E-state index contributed by atoms with van der Waals surface area (Å²) >= 11 is 0. The third kappa shape index (κ3) is 8.51. The summed E-state index contributed by atoms with van der Waals surface area (Å²) in [5, 5.41) is 29.2. The Morgan fingerprint density at radius 2 is 1.58 bits per heavy atom. The molecular weight excluding hydrogens is 590 g/mol. The Morgan fingerprint density at radius 3 is 2.20 bits per heavy atom. The highest BCUT2D eigenvalue weighted by molar-refractivity contribution is 5.72. The number of hydrogen-bond donors (Lipinski definition) is 3. The molecule has 1 aromatic rings. The molecule has 2 fully saturated rings. The molecule has 3 aliphatic rings. The summed E-state index contributed by atoms with van der Waals surface area (Å²) in [5.41, 5.74) is 1.85. The van der Waals surface area contributed by atoms with Crippen molar-refractivity contribution in [3.8, 4) is 11.5 Å². The van der Waals surface area contributed by atoms with Gasteiger partial charge in [-0.15, -0.1) is 0 Å². The van der Waals surface area contributed by atoms with Crippen LogP contribution in [0.2, 0.25) is 0 Å². The summed E-state index contributed by atoms with van der Waals surface area (Å²) in [6.45, 7) is 6.27. The molecule has 2 heterocycles. The van der Waals surface area contributed by atoms with Crippen molar-refractivity contribution in [3.05, 3.63) is 23.3 Å². The zero-order valence-corrected chi connectivity index (χ0v) is 25.9. The zero-order chi connectivity index (χ0) is 32.8. The van der Waals surface area contributed by atoms with Crippen LogP contribution in [0.5, 0.6) is 11.5 Å². The standard InChI is InChI=1S/C32H43NO12/c1-4-9-33-10-5-6-20-11-21-19(12-25(20)33)7-8-26(31(21)43-18(3)35)44-32-24(15-30(40)41)22(13-28(36)37)23(14-29(38)39)27(45-32)16-42-17(2)34/h7-8,20,22-25,27,32H,4-6,9-16H2,1-3H3,(H,36,37)(H,38,39)(H,40,41)/t20-,22+,23-,24-,25-,27+,32-/m1/s1. The Labute approximate surface area is 261 Å². The molecule has 3 N–H and O–H groups in total. The van der Waals surface area contributed by atoms with Crippen molar-refractivity contribution >= 4 is 29.8 Å². The van der Waals surface area contributed by atoms with Gasteiger partial charge in [-0.25, -0.2) is 0 Å². The molecule has 0 amide bonds. The van der Waals surface area contributed by atoms with E-state index in [0.717, 1.165) is 49.9 Å². The van der Waals surface area contributed by atoms with Crippen LogP contribution in [0.15, 0.2) is 12.1 Å². The van der Waals surface area contributed by atoms with Gasteiger partial charge in [-0.3, -0.25) is 28.9 Å². The minimum absolute atomic E-state index is 0.126. The predicted molar refractivity (Wildman–Crippen MR) is 157 cm³/mol. The van der Waals surface area contributed by atoms with Crippen molar-refractivity contribution in [3.63, 3.8) is 0 Å². The maximum atomic E-state index is 12.3. The van der Waals surface area contributed by atoms with Gasteiger partial charge < -0.3 is 34.3 Å². The maximum Gasteiger partial charge on any atom is 0.308 e. The molecule has 0 spiro atoms. The third-order valence-electron chi connectivity index (χ3n) is 9.17. The molecule has 0 saturated carbocycles. The third-order valence-corrected chi connectivity index (χ3v) is 9.17. The predicted octanol–water partition coefficient (Wildman–Crippen LogP) is 3.14. The maximum absolute atomic E-state index is 12.3. The zero-order valence-electron chi connectivity index (χ0n) is 25.9. The first-order valence-electron chi connectivity index (χ1n) is 15.6. The summed E-state index contributed by atoms with van der Waals surface area (Å²) in [6, 6.07) is 3.91. The second-order valence-corrected chi connectivity index (χ2v) is 12.3. The van der Waals surface area contributed by atoms with Crippen LogP contribution in [0.4, 0.5) is 0 Å². The number of carboxylic acid groups (broad SMARTS) is 3. The number of carboxylic acids is 3. The number of hydrogen-bond acceptors (Lipinski definition) is 10. The number of ether oxygens (including phenoxy) is 4. The van der Waals surface area contributed by atoms with Crippen LogP contribution in [0, 0.1) is 23.7 Å². The van der Waals surface area contributed by atoms with E-state index in [0.29, 0.717) is 18.4 Å². The van der Waals surface area contributed by atoms with Gasteiger partial charge in [0, 0.05) is 43.7 Å². The van der Waals surface area contributed by atoms with E-state index in [1.807, 2.05) is 6.07 Å². The van der Waals surface area contributed by atoms with Gasteiger partial charge in [0.25, 0.3) is 0 Å². The van der Waals surface area contributed by atoms with Gasteiger partial charge in [0.1, 0.15) is 6.61 Å². The van der Waals surface area contributed by atoms with Crippen molar-refractivity contribution in [2.24, 2.45) is 23.7 Å². The normalized spacial score (nSPS) is 27.8. The van der Waals surface area contributed by atoms with Crippen LogP contribution in [0.25, 0.3) is 0 Å². The van der Waals surface area contributed by atoms with E-state index < -0.39 is 79.3 Å². The summed E-state index contributed by atoms with van der Waals surface area (Å²) in [5.74, 6) is -7.41. The Morgan fingerprint density at radius 1 is 0.911 bits per heavy atom. The lowest BCUT2D eigenvalue weighted by Gasteiger charge is -2.46. The molecule has 0 aromatic heterocycles. The largest absolute Gasteiger partial charge is 0.481 e. The average Bonchev–Trinajstić information content (AvgIpc) is 2.95. The highest BCUT2D eigenvalue weighted by Crippen LogP contribution is 2.46. The molecule has 0 radical (unpaired) electrons. The van der Waals surface area contributed by atoms with Gasteiger partial charge in [0.05, 0.1) is 18.9 Å². The van der Waals surface area contributed by atoms with Gasteiger partial charge >= 0.3 is 29.8 Å². The highest BCUT2D eigenvalue weighted by Gasteiger charge is 2.50. The van der Waals surface area contributed by atoms with E-state index in [1.165, 1.54) is 13.8 Å². The number of rotatable bonds is 13. The average molecular weight is 634 g/mol. The lowest BCUT2D eigenvalue weighted by molar-refractivity contribution is -0.237. The van der Waals surface area contributed by atoms with Crippen LogP contribution < -0.4 is 9.47 Å². The molecule has 248 valence electrons. The number of aliphatic carboxylic acids is 3. The highest BCUT2D eigenvalue weighted by atomic mass is 16.7. The van der Waals surface area contributed by atoms with E-state index in [4.69, 9.17) is 18.9 Å². The minimum atomic E-state index is -1.38. The SMILES string of the molecule is CCCN1CCC[C@@H]2Cc3c(ccc(O[C@@H]4O[C@@H](COC(C)=O)[C@H](CC(=O)O)[C@H](CC(=O)O)[C@H]4CC(=O)O)c3OC(C)=O)C[C@H]21. The molecule has 45 heavy (non-hydrogen) atoms. The van der Waals surface area contributed by atoms with Crippen molar-refractivity contribution < 1.29 is 58.2 Å². The molecule has 2 aliphatic heterocycles. The van der Waals surface area contributed by atoms with E-state index in [-0.39, 0.29) is 18.1 Å². The van der Waals surface area contributed by atoms with Gasteiger partial charge in [0.15, 0.2) is 11.5 Å². The van der Waals surface area contributed by atoms with E-state index in [1.54, 1.807) is 6.07 Å². The summed E-state index contributed by atoms with van der Waals surface area (Å²) < 4.78 is 23.3. The fraction of sp³-hybridized carbons (Fsp3) is 0.656. The van der Waals surface area contributed by atoms with Crippen molar-refractivity contribution in [1.82, 2.24) is 4.90 Å². The fourth-order valence-electron chi connectivity index (χ4n) is 7.42. The smallest absolute Gasteiger partial charge is 0.308 e. The van der Waals surface area contributed by atoms with Crippen LogP contribution in [-0.4, -0.2) is 88.2 Å². The Kier molecular flexibility index (Phi) is 11.4. The summed E-state index contributed by atoms with van der Waals surface area (Å²) in [4.78, 5) is 62.3. The molecule has 4 rings (SSSR count). The first kappa shape index (κ1) is 34.2. The van der Waals surface area contributed by atoms with Crippen LogP contribution >= 0.6 is 0 Å². The number of carbonyl (C=O) groups is 5. The summed E-state index contributed by atoms with van der Waals surface area (Å²) in [7, 11) is 0. The quantitative estimate of drug-likeness (QED) is 0.213. The van der Waals surface area contributed by atoms with Crippen molar-refractivity contribution in [2.75, 3.05) is 19.7 Å². The molecule has 1 aromatic carbocycles. The number of esters is 2. The topological polar surface area (TPSA) is 186 Å². The first-order valence-corrected chi connectivity index (χ1v) is 15.6. The van der Waals surface area contributed by atoms with Crippen LogP contribution in [-0.2, 0) is 46.3 Å². The van der Waals surface area contributed by atoms with Gasteiger partial charge in [0.2, 0.25) is 6.29 Å². The molecule has 0 unspecified atom stereocenters. The van der Waals surface area contributed by atoms with Crippen LogP contribution in [0.1, 0.15) is 70.4 Å². The van der Waals surface area contributed by atoms with E-state index >= 15 is 0 Å². The number of nitrogens with zero attached hydrogens (tertiary/aromatic N) is 1. The molecule has 7 atom stereocenters. The Bertz CT molecular complexity index is 1280. The first-order chi connectivity index (χ1) is 21.4. The van der Waals surface area contributed by atoms with Crippen molar-refractivity contribution in [1.29, 1.82) is 0 Å². The molecule has 2 saturated heterocycles. The van der Waals surface area contributed by atoms with Gasteiger partial charge in [-0.05, 0) is 68.7 Å². The molecule has 0 bridgehead atoms. The molecule has 13 heteroatoms. The van der Waals surface area contributed by atoms with Crippen LogP contribution in [0.3, 0.4) is 0 Å². The lowest BCUT2D eigenvalue weighted by atomic mass is 9.71.